The summed E-state index contributed by atoms with van der Waals surface area (Å²) in [5.74, 6) is 0.266. The standard InChI is InChI=1S/C26H22N4O4/c31-24(29-21-11-2-1-3-12-21)17-33-22-13-5-4-8-20(22)16-28-30-25(32)18-34-23-14-6-9-19-10-7-15-27-26(19)23/h1-16H,17-18H2,(H,29,31)(H,30,32)/b28-16+. The third-order valence-electron chi connectivity index (χ3n) is 4.68. The summed E-state index contributed by atoms with van der Waals surface area (Å²) in [7, 11) is 0. The highest BCUT2D eigenvalue weighted by molar-refractivity contribution is 5.92. The molecule has 0 unspecified atom stereocenters. The summed E-state index contributed by atoms with van der Waals surface area (Å²) in [5, 5.41) is 7.65. The molecule has 2 N–H and O–H groups in total. The Bertz CT molecular complexity index is 1300. The maximum atomic E-state index is 12.2. The van der Waals surface area contributed by atoms with Crippen molar-refractivity contribution < 1.29 is 19.1 Å². The van der Waals surface area contributed by atoms with E-state index in [0.717, 1.165) is 5.39 Å². The molecule has 0 fully saturated rings. The van der Waals surface area contributed by atoms with Gasteiger partial charge in [0.1, 0.15) is 17.0 Å². The second-order valence-electron chi connectivity index (χ2n) is 7.15. The van der Waals surface area contributed by atoms with Gasteiger partial charge in [-0.1, -0.05) is 48.5 Å². The Balaban J connectivity index is 1.29. The van der Waals surface area contributed by atoms with Gasteiger partial charge in [-0.05, 0) is 36.4 Å². The monoisotopic (exact) mass is 454 g/mol. The molecule has 0 aliphatic rings. The lowest BCUT2D eigenvalue weighted by atomic mass is 10.2. The summed E-state index contributed by atoms with van der Waals surface area (Å²) in [6.07, 6.45) is 3.12. The molecule has 34 heavy (non-hydrogen) atoms. The fourth-order valence-corrected chi connectivity index (χ4v) is 3.12. The van der Waals surface area contributed by atoms with Crippen molar-refractivity contribution in [3.8, 4) is 11.5 Å². The number of amides is 2. The molecule has 8 heteroatoms. The Morgan fingerprint density at radius 3 is 2.38 bits per heavy atom. The van der Waals surface area contributed by atoms with E-state index >= 15 is 0 Å². The zero-order chi connectivity index (χ0) is 23.6. The van der Waals surface area contributed by atoms with Crippen molar-refractivity contribution >= 4 is 34.6 Å². The molecule has 4 aromatic rings. The Labute approximate surface area is 196 Å². The molecule has 0 radical (unpaired) electrons. The first-order chi connectivity index (χ1) is 16.7. The highest BCUT2D eigenvalue weighted by Crippen LogP contribution is 2.22. The molecule has 8 nitrogen and oxygen atoms in total. The number of rotatable bonds is 9. The van der Waals surface area contributed by atoms with Gasteiger partial charge in [0.05, 0.1) is 6.21 Å². The van der Waals surface area contributed by atoms with Gasteiger partial charge in [0.15, 0.2) is 13.2 Å². The van der Waals surface area contributed by atoms with Crippen LogP contribution in [-0.4, -0.2) is 36.2 Å². The Hall–Kier alpha value is -4.72. The molecule has 0 saturated heterocycles. The van der Waals surface area contributed by atoms with Crippen LogP contribution in [0, 0.1) is 0 Å². The fourth-order valence-electron chi connectivity index (χ4n) is 3.12. The Kier molecular flexibility index (Phi) is 7.43. The van der Waals surface area contributed by atoms with Gasteiger partial charge in [-0.3, -0.25) is 14.6 Å². The van der Waals surface area contributed by atoms with Crippen LogP contribution in [0.3, 0.4) is 0 Å². The maximum Gasteiger partial charge on any atom is 0.277 e. The third kappa shape index (κ3) is 6.17. The van der Waals surface area contributed by atoms with E-state index in [1.807, 2.05) is 42.5 Å². The van der Waals surface area contributed by atoms with Crippen molar-refractivity contribution in [2.24, 2.45) is 5.10 Å². The van der Waals surface area contributed by atoms with Crippen LogP contribution in [0.2, 0.25) is 0 Å². The molecule has 1 aromatic heterocycles. The van der Waals surface area contributed by atoms with Crippen molar-refractivity contribution in [3.05, 3.63) is 96.7 Å². The number of nitrogens with one attached hydrogen (secondary N) is 2. The van der Waals surface area contributed by atoms with Gasteiger partial charge in [0, 0.05) is 22.8 Å². The number of carbonyl (C=O) groups is 2. The summed E-state index contributed by atoms with van der Waals surface area (Å²) < 4.78 is 11.2. The van der Waals surface area contributed by atoms with Crippen LogP contribution in [-0.2, 0) is 9.59 Å². The van der Waals surface area contributed by atoms with Crippen molar-refractivity contribution in [1.82, 2.24) is 10.4 Å². The number of fused-ring (bicyclic) bond motifs is 1. The molecule has 0 aliphatic carbocycles. The minimum atomic E-state index is -0.426. The van der Waals surface area contributed by atoms with Crippen LogP contribution in [0.1, 0.15) is 5.56 Å². The topological polar surface area (TPSA) is 102 Å². The van der Waals surface area contributed by atoms with Crippen LogP contribution >= 0.6 is 0 Å². The maximum absolute atomic E-state index is 12.2. The van der Waals surface area contributed by atoms with E-state index in [2.05, 4.69) is 20.8 Å². The predicted octanol–water partition coefficient (Wildman–Crippen LogP) is 3.78. The van der Waals surface area contributed by atoms with Crippen LogP contribution in [0.5, 0.6) is 11.5 Å². The molecule has 0 bridgehead atoms. The van der Waals surface area contributed by atoms with E-state index in [1.54, 1.807) is 48.7 Å². The number of aromatic nitrogens is 1. The second-order valence-corrected chi connectivity index (χ2v) is 7.15. The van der Waals surface area contributed by atoms with E-state index in [0.29, 0.717) is 28.3 Å². The number of para-hydroxylation sites is 3. The fraction of sp³-hybridized carbons (Fsp3) is 0.0769. The molecule has 0 spiro atoms. The third-order valence-corrected chi connectivity index (χ3v) is 4.68. The zero-order valence-corrected chi connectivity index (χ0v) is 18.2. The number of carbonyl (C=O) groups excluding carboxylic acids is 2. The molecule has 2 amide bonds. The molecule has 170 valence electrons. The predicted molar refractivity (Wildman–Crippen MR) is 130 cm³/mol. The van der Waals surface area contributed by atoms with Crippen molar-refractivity contribution in [2.45, 2.75) is 0 Å². The van der Waals surface area contributed by atoms with E-state index < -0.39 is 5.91 Å². The van der Waals surface area contributed by atoms with Gasteiger partial charge >= 0.3 is 0 Å². The van der Waals surface area contributed by atoms with Crippen LogP contribution in [0.4, 0.5) is 5.69 Å². The second kappa shape index (κ2) is 11.2. The highest BCUT2D eigenvalue weighted by atomic mass is 16.5. The van der Waals surface area contributed by atoms with E-state index in [-0.39, 0.29) is 19.1 Å². The molecule has 0 aliphatic heterocycles. The smallest absolute Gasteiger partial charge is 0.277 e. The minimum absolute atomic E-state index is 0.168. The number of nitrogens with zero attached hydrogens (tertiary/aromatic N) is 2. The number of benzene rings is 3. The van der Waals surface area contributed by atoms with Gasteiger partial charge in [0.2, 0.25) is 0 Å². The normalized spacial score (nSPS) is 10.7. The lowest BCUT2D eigenvalue weighted by molar-refractivity contribution is -0.123. The molecule has 3 aromatic carbocycles. The average molecular weight is 454 g/mol. The van der Waals surface area contributed by atoms with Crippen LogP contribution in [0.15, 0.2) is 96.2 Å². The molecular weight excluding hydrogens is 432 g/mol. The number of anilines is 1. The van der Waals surface area contributed by atoms with Gasteiger partial charge in [-0.15, -0.1) is 0 Å². The number of pyridine rings is 1. The zero-order valence-electron chi connectivity index (χ0n) is 18.2. The summed E-state index contributed by atoms with van der Waals surface area (Å²) in [6, 6.07) is 25.5. The molecule has 0 atom stereocenters. The molecular formula is C26H22N4O4. The highest BCUT2D eigenvalue weighted by Gasteiger charge is 2.08. The number of hydrogen-bond acceptors (Lipinski definition) is 6. The first kappa shape index (κ1) is 22.5. The average Bonchev–Trinajstić information content (AvgIpc) is 2.87. The van der Waals surface area contributed by atoms with Gasteiger partial charge in [0.25, 0.3) is 11.8 Å². The van der Waals surface area contributed by atoms with Crippen LogP contribution < -0.4 is 20.2 Å². The largest absolute Gasteiger partial charge is 0.483 e. The first-order valence-electron chi connectivity index (χ1n) is 10.5. The lowest BCUT2D eigenvalue weighted by Gasteiger charge is -2.09. The van der Waals surface area contributed by atoms with Crippen molar-refractivity contribution in [2.75, 3.05) is 18.5 Å². The summed E-state index contributed by atoms with van der Waals surface area (Å²) in [6.45, 7) is -0.385. The van der Waals surface area contributed by atoms with Crippen molar-refractivity contribution in [1.29, 1.82) is 0 Å². The Morgan fingerprint density at radius 2 is 1.50 bits per heavy atom. The summed E-state index contributed by atoms with van der Waals surface area (Å²) in [5.41, 5.74) is 4.40. The van der Waals surface area contributed by atoms with Crippen molar-refractivity contribution in [3.63, 3.8) is 0 Å². The van der Waals surface area contributed by atoms with Gasteiger partial charge in [-0.2, -0.15) is 5.10 Å². The number of hydrazone groups is 1. The summed E-state index contributed by atoms with van der Waals surface area (Å²) in [4.78, 5) is 28.6. The number of ether oxygens (including phenoxy) is 2. The first-order valence-corrected chi connectivity index (χ1v) is 10.5. The van der Waals surface area contributed by atoms with E-state index in [9.17, 15) is 9.59 Å². The molecule has 4 rings (SSSR count). The molecule has 1 heterocycles. The Morgan fingerprint density at radius 1 is 0.794 bits per heavy atom. The van der Waals surface area contributed by atoms with Crippen LogP contribution in [0.25, 0.3) is 10.9 Å². The quantitative estimate of drug-likeness (QED) is 0.296. The summed E-state index contributed by atoms with van der Waals surface area (Å²) >= 11 is 0. The minimum Gasteiger partial charge on any atom is -0.483 e. The molecule has 0 saturated carbocycles. The van der Waals surface area contributed by atoms with Gasteiger partial charge in [-0.25, -0.2) is 5.43 Å². The van der Waals surface area contributed by atoms with E-state index in [4.69, 9.17) is 9.47 Å². The lowest BCUT2D eigenvalue weighted by Crippen LogP contribution is -2.24. The SMILES string of the molecule is O=C(COc1cccc2cccnc12)N/N=C/c1ccccc1OCC(=O)Nc1ccccc1. The van der Waals surface area contributed by atoms with Gasteiger partial charge < -0.3 is 14.8 Å². The van der Waals surface area contributed by atoms with E-state index in [1.165, 1.54) is 6.21 Å². The number of hydrogen-bond donors (Lipinski definition) is 2.